The molecule has 2 heteroatoms. The van der Waals surface area contributed by atoms with Crippen LogP contribution in [0, 0.1) is 0 Å². The summed E-state index contributed by atoms with van der Waals surface area (Å²) in [7, 11) is 0. The molecule has 1 saturated heterocycles. The van der Waals surface area contributed by atoms with Crippen LogP contribution in [0.3, 0.4) is 0 Å². The quantitative estimate of drug-likeness (QED) is 0.614. The summed E-state index contributed by atoms with van der Waals surface area (Å²) in [5, 5.41) is 0. The summed E-state index contributed by atoms with van der Waals surface area (Å²) in [6.45, 7) is 6.39. The minimum absolute atomic E-state index is 0.0712. The van der Waals surface area contributed by atoms with E-state index in [2.05, 4.69) is 20.8 Å². The Hall–Kier alpha value is -0.0800. The third-order valence-electron chi connectivity index (χ3n) is 2.69. The van der Waals surface area contributed by atoms with Gasteiger partial charge < -0.3 is 9.47 Å². The van der Waals surface area contributed by atoms with Gasteiger partial charge in [-0.15, -0.1) is 0 Å². The van der Waals surface area contributed by atoms with Crippen molar-refractivity contribution in [1.29, 1.82) is 0 Å². The van der Waals surface area contributed by atoms with Gasteiger partial charge in [0, 0.05) is 0 Å². The van der Waals surface area contributed by atoms with Gasteiger partial charge in [-0.1, -0.05) is 26.2 Å². The third-order valence-corrected chi connectivity index (χ3v) is 2.69. The monoisotopic (exact) mass is 186 g/mol. The molecule has 2 nitrogen and oxygen atoms in total. The normalized spacial score (nSPS) is 29.8. The third kappa shape index (κ3) is 3.65. The van der Waals surface area contributed by atoms with Crippen LogP contribution >= 0.6 is 0 Å². The zero-order valence-electron chi connectivity index (χ0n) is 9.08. The number of ether oxygens (including phenoxy) is 2. The summed E-state index contributed by atoms with van der Waals surface area (Å²) < 4.78 is 11.3. The Kier molecular flexibility index (Phi) is 4.74. The van der Waals surface area contributed by atoms with Gasteiger partial charge in [-0.3, -0.25) is 0 Å². The average Bonchev–Trinajstić information content (AvgIpc) is 2.41. The predicted molar refractivity (Wildman–Crippen MR) is 53.6 cm³/mol. The standard InChI is InChI=1S/C11H22O2/c1-4-5-6-7-8-11-12-9(2)10(3)13-11/h9-11H,4-8H2,1-3H3/t9-,10-/m0/s1. The van der Waals surface area contributed by atoms with Gasteiger partial charge in [0.25, 0.3) is 0 Å². The molecule has 0 N–H and O–H groups in total. The van der Waals surface area contributed by atoms with E-state index in [0.717, 1.165) is 6.42 Å². The summed E-state index contributed by atoms with van der Waals surface area (Å²) in [4.78, 5) is 0. The molecule has 0 unspecified atom stereocenters. The summed E-state index contributed by atoms with van der Waals surface area (Å²) in [5.74, 6) is 0. The van der Waals surface area contributed by atoms with Crippen LogP contribution in [-0.2, 0) is 9.47 Å². The number of hydrogen-bond acceptors (Lipinski definition) is 2. The maximum Gasteiger partial charge on any atom is 0.158 e. The minimum Gasteiger partial charge on any atom is -0.347 e. The molecule has 0 spiro atoms. The lowest BCUT2D eigenvalue weighted by Crippen LogP contribution is -2.13. The molecule has 0 aromatic rings. The largest absolute Gasteiger partial charge is 0.347 e. The van der Waals surface area contributed by atoms with E-state index >= 15 is 0 Å². The van der Waals surface area contributed by atoms with Gasteiger partial charge in [0.1, 0.15) is 0 Å². The van der Waals surface area contributed by atoms with Gasteiger partial charge in [-0.2, -0.15) is 0 Å². The first-order chi connectivity index (χ1) is 6.24. The van der Waals surface area contributed by atoms with Crippen LogP contribution in [0.2, 0.25) is 0 Å². The van der Waals surface area contributed by atoms with Gasteiger partial charge in [-0.05, 0) is 26.7 Å². The molecule has 1 fully saturated rings. The molecule has 0 radical (unpaired) electrons. The Bertz CT molecular complexity index is 126. The fraction of sp³-hybridized carbons (Fsp3) is 1.00. The van der Waals surface area contributed by atoms with E-state index < -0.39 is 0 Å². The maximum absolute atomic E-state index is 5.63. The molecule has 1 aliphatic rings. The van der Waals surface area contributed by atoms with E-state index in [0.29, 0.717) is 0 Å². The molecule has 1 aliphatic heterocycles. The molecule has 13 heavy (non-hydrogen) atoms. The number of unbranched alkanes of at least 4 members (excludes halogenated alkanes) is 3. The van der Waals surface area contributed by atoms with E-state index in [9.17, 15) is 0 Å². The molecule has 0 bridgehead atoms. The first-order valence-corrected chi connectivity index (χ1v) is 5.55. The van der Waals surface area contributed by atoms with Crippen molar-refractivity contribution in [3.63, 3.8) is 0 Å². The smallest absolute Gasteiger partial charge is 0.158 e. The second kappa shape index (κ2) is 5.61. The van der Waals surface area contributed by atoms with Crippen LogP contribution in [0.4, 0.5) is 0 Å². The highest BCUT2D eigenvalue weighted by Crippen LogP contribution is 2.22. The van der Waals surface area contributed by atoms with Gasteiger partial charge in [0.2, 0.25) is 0 Å². The summed E-state index contributed by atoms with van der Waals surface area (Å²) in [6.07, 6.45) is 6.85. The molecule has 2 atom stereocenters. The molecular weight excluding hydrogens is 164 g/mol. The van der Waals surface area contributed by atoms with Gasteiger partial charge >= 0.3 is 0 Å². The Balaban J connectivity index is 2.03. The Morgan fingerprint density at radius 3 is 2.08 bits per heavy atom. The fourth-order valence-corrected chi connectivity index (χ4v) is 1.61. The molecule has 0 aliphatic carbocycles. The Morgan fingerprint density at radius 1 is 0.923 bits per heavy atom. The van der Waals surface area contributed by atoms with Crippen LogP contribution in [0.5, 0.6) is 0 Å². The van der Waals surface area contributed by atoms with E-state index in [1.165, 1.54) is 25.7 Å². The van der Waals surface area contributed by atoms with E-state index in [1.807, 2.05) is 0 Å². The first-order valence-electron chi connectivity index (χ1n) is 5.55. The highest BCUT2D eigenvalue weighted by atomic mass is 16.7. The van der Waals surface area contributed by atoms with E-state index in [1.54, 1.807) is 0 Å². The van der Waals surface area contributed by atoms with Crippen molar-refractivity contribution >= 4 is 0 Å². The zero-order chi connectivity index (χ0) is 9.68. The van der Waals surface area contributed by atoms with Crippen LogP contribution in [0.25, 0.3) is 0 Å². The van der Waals surface area contributed by atoms with E-state index in [-0.39, 0.29) is 18.5 Å². The van der Waals surface area contributed by atoms with Crippen molar-refractivity contribution in [3.8, 4) is 0 Å². The lowest BCUT2D eigenvalue weighted by Gasteiger charge is -2.08. The van der Waals surface area contributed by atoms with Crippen molar-refractivity contribution in [3.05, 3.63) is 0 Å². The number of rotatable bonds is 5. The van der Waals surface area contributed by atoms with Crippen LogP contribution < -0.4 is 0 Å². The first kappa shape index (κ1) is 11.0. The van der Waals surface area contributed by atoms with Crippen molar-refractivity contribution in [2.45, 2.75) is 71.4 Å². The molecule has 0 aromatic carbocycles. The van der Waals surface area contributed by atoms with Crippen LogP contribution in [-0.4, -0.2) is 18.5 Å². The maximum atomic E-state index is 5.63. The highest BCUT2D eigenvalue weighted by molar-refractivity contribution is 4.69. The average molecular weight is 186 g/mol. The summed E-state index contributed by atoms with van der Waals surface area (Å²) >= 11 is 0. The van der Waals surface area contributed by atoms with Crippen molar-refractivity contribution in [2.75, 3.05) is 0 Å². The van der Waals surface area contributed by atoms with Gasteiger partial charge in [0.05, 0.1) is 12.2 Å². The molecule has 1 rings (SSSR count). The molecule has 0 amide bonds. The molecule has 0 aromatic heterocycles. The Morgan fingerprint density at radius 2 is 1.54 bits per heavy atom. The van der Waals surface area contributed by atoms with Crippen molar-refractivity contribution < 1.29 is 9.47 Å². The van der Waals surface area contributed by atoms with Gasteiger partial charge in [-0.25, -0.2) is 0 Å². The molecule has 78 valence electrons. The summed E-state index contributed by atoms with van der Waals surface area (Å²) in [6, 6.07) is 0. The lowest BCUT2D eigenvalue weighted by atomic mass is 10.1. The summed E-state index contributed by atoms with van der Waals surface area (Å²) in [5.41, 5.74) is 0. The zero-order valence-corrected chi connectivity index (χ0v) is 9.08. The van der Waals surface area contributed by atoms with Crippen LogP contribution in [0.1, 0.15) is 52.9 Å². The van der Waals surface area contributed by atoms with Gasteiger partial charge in [0.15, 0.2) is 6.29 Å². The molecule has 0 saturated carbocycles. The second-order valence-electron chi connectivity index (χ2n) is 3.96. The predicted octanol–water partition coefficient (Wildman–Crippen LogP) is 3.11. The minimum atomic E-state index is 0.0712. The SMILES string of the molecule is CCCCCCC1O[C@@H](C)[C@H](C)O1. The molecule has 1 heterocycles. The highest BCUT2D eigenvalue weighted by Gasteiger charge is 2.28. The van der Waals surface area contributed by atoms with Crippen molar-refractivity contribution in [2.24, 2.45) is 0 Å². The topological polar surface area (TPSA) is 18.5 Å². The van der Waals surface area contributed by atoms with E-state index in [4.69, 9.17) is 9.47 Å². The fourth-order valence-electron chi connectivity index (χ4n) is 1.61. The lowest BCUT2D eigenvalue weighted by molar-refractivity contribution is -0.0681. The number of hydrogen-bond donors (Lipinski definition) is 0. The van der Waals surface area contributed by atoms with Crippen molar-refractivity contribution in [1.82, 2.24) is 0 Å². The molecular formula is C11H22O2. The second-order valence-corrected chi connectivity index (χ2v) is 3.96. The Labute approximate surface area is 81.6 Å². The van der Waals surface area contributed by atoms with Crippen LogP contribution in [0.15, 0.2) is 0 Å².